The molecule has 6 heteroatoms. The van der Waals surface area contributed by atoms with E-state index >= 15 is 0 Å². The first-order valence-corrected chi connectivity index (χ1v) is 4.47. The topological polar surface area (TPSA) is 99.3 Å². The lowest BCUT2D eigenvalue weighted by Gasteiger charge is -2.05. The van der Waals surface area contributed by atoms with Gasteiger partial charge in [0.05, 0.1) is 0 Å². The Hall–Kier alpha value is -2.24. The van der Waals surface area contributed by atoms with Crippen LogP contribution in [0.25, 0.3) is 0 Å². The molecule has 0 spiro atoms. The van der Waals surface area contributed by atoms with Crippen LogP contribution < -0.4 is 0 Å². The van der Waals surface area contributed by atoms with E-state index in [1.807, 2.05) is 0 Å². The predicted molar refractivity (Wildman–Crippen MR) is 54.2 cm³/mol. The molecule has 16 heavy (non-hydrogen) atoms. The highest BCUT2D eigenvalue weighted by Crippen LogP contribution is 2.17. The van der Waals surface area contributed by atoms with Crippen molar-refractivity contribution in [1.29, 1.82) is 0 Å². The van der Waals surface area contributed by atoms with E-state index in [0.29, 0.717) is 5.56 Å². The quantitative estimate of drug-likeness (QED) is 0.734. The second-order valence-electron chi connectivity index (χ2n) is 2.96. The number of benzene rings is 1. The van der Waals surface area contributed by atoms with Crippen molar-refractivity contribution in [3.05, 3.63) is 35.9 Å². The van der Waals surface area contributed by atoms with Crippen LogP contribution >= 0.6 is 0 Å². The average molecular weight is 222 g/mol. The van der Waals surface area contributed by atoms with Crippen molar-refractivity contribution in [3.63, 3.8) is 0 Å². The highest BCUT2D eigenvalue weighted by molar-refractivity contribution is 5.75. The molecule has 0 radical (unpaired) electrons. The molecular formula is C10H10N2O4. The third-order valence-electron chi connectivity index (χ3n) is 1.75. The summed E-state index contributed by atoms with van der Waals surface area (Å²) in [6.07, 6.45) is 0. The first-order valence-electron chi connectivity index (χ1n) is 4.47. The Morgan fingerprint density at radius 1 is 1.19 bits per heavy atom. The van der Waals surface area contributed by atoms with Crippen molar-refractivity contribution in [2.24, 2.45) is 10.2 Å². The fourth-order valence-corrected chi connectivity index (χ4v) is 1.08. The van der Waals surface area contributed by atoms with Gasteiger partial charge in [-0.05, 0) is 5.56 Å². The van der Waals surface area contributed by atoms with Gasteiger partial charge in [0.1, 0.15) is 0 Å². The standard InChI is InChI=1S/C10H10N2O4/c13-8(14)6-11-12-9(10(15)16)7-4-2-1-3-5-7/h1-5,9H,6H2,(H,13,14)(H,15,16). The molecule has 2 N–H and O–H groups in total. The van der Waals surface area contributed by atoms with E-state index in [0.717, 1.165) is 0 Å². The van der Waals surface area contributed by atoms with Gasteiger partial charge in [0, 0.05) is 0 Å². The van der Waals surface area contributed by atoms with E-state index in [2.05, 4.69) is 10.2 Å². The molecular weight excluding hydrogens is 212 g/mol. The van der Waals surface area contributed by atoms with Crippen LogP contribution in [0.2, 0.25) is 0 Å². The third-order valence-corrected chi connectivity index (χ3v) is 1.75. The number of hydrogen-bond acceptors (Lipinski definition) is 4. The summed E-state index contributed by atoms with van der Waals surface area (Å²) in [5.74, 6) is -2.32. The number of carboxylic acids is 2. The Morgan fingerprint density at radius 3 is 2.31 bits per heavy atom. The lowest BCUT2D eigenvalue weighted by molar-refractivity contribution is -0.139. The zero-order valence-electron chi connectivity index (χ0n) is 8.28. The normalized spacial score (nSPS) is 12.5. The van der Waals surface area contributed by atoms with Crippen LogP contribution in [0, 0.1) is 0 Å². The van der Waals surface area contributed by atoms with Gasteiger partial charge in [-0.25, -0.2) is 4.79 Å². The summed E-state index contributed by atoms with van der Waals surface area (Å²) >= 11 is 0. The SMILES string of the molecule is O=C(O)CN=NC(C(=O)O)c1ccccc1. The van der Waals surface area contributed by atoms with Crippen molar-refractivity contribution >= 4 is 11.9 Å². The van der Waals surface area contributed by atoms with E-state index in [4.69, 9.17) is 10.2 Å². The second-order valence-corrected chi connectivity index (χ2v) is 2.96. The summed E-state index contributed by atoms with van der Waals surface area (Å²) in [6, 6.07) is 7.14. The van der Waals surface area contributed by atoms with E-state index in [9.17, 15) is 9.59 Å². The van der Waals surface area contributed by atoms with E-state index in [-0.39, 0.29) is 0 Å². The van der Waals surface area contributed by atoms with Crippen LogP contribution in [0.5, 0.6) is 0 Å². The summed E-state index contributed by atoms with van der Waals surface area (Å²) < 4.78 is 0. The fraction of sp³-hybridized carbons (Fsp3) is 0.200. The van der Waals surface area contributed by atoms with Crippen LogP contribution in [0.4, 0.5) is 0 Å². The van der Waals surface area contributed by atoms with Crippen LogP contribution in [0.1, 0.15) is 11.6 Å². The highest BCUT2D eigenvalue weighted by Gasteiger charge is 2.18. The maximum Gasteiger partial charge on any atom is 0.335 e. The minimum atomic E-state index is -1.17. The zero-order chi connectivity index (χ0) is 12.0. The monoisotopic (exact) mass is 222 g/mol. The van der Waals surface area contributed by atoms with E-state index < -0.39 is 24.5 Å². The van der Waals surface area contributed by atoms with Crippen molar-refractivity contribution in [2.45, 2.75) is 6.04 Å². The minimum Gasteiger partial charge on any atom is -0.480 e. The van der Waals surface area contributed by atoms with E-state index in [1.165, 1.54) is 0 Å². The average Bonchev–Trinajstić information content (AvgIpc) is 2.25. The smallest absolute Gasteiger partial charge is 0.335 e. The Labute approximate surface area is 91.2 Å². The molecule has 0 aliphatic heterocycles. The summed E-state index contributed by atoms with van der Waals surface area (Å²) in [4.78, 5) is 21.1. The first kappa shape index (κ1) is 11.8. The lowest BCUT2D eigenvalue weighted by atomic mass is 10.1. The maximum atomic E-state index is 10.9. The maximum absolute atomic E-state index is 10.9. The molecule has 1 rings (SSSR count). The number of rotatable bonds is 5. The molecule has 0 aliphatic carbocycles. The van der Waals surface area contributed by atoms with Gasteiger partial charge in [0.15, 0.2) is 12.6 Å². The summed E-state index contributed by atoms with van der Waals surface area (Å²) in [5.41, 5.74) is 0.462. The Bertz CT molecular complexity index is 403. The molecule has 0 amide bonds. The predicted octanol–water partition coefficient (Wildman–Crippen LogP) is 1.35. The number of hydrogen-bond donors (Lipinski definition) is 2. The molecule has 6 nitrogen and oxygen atoms in total. The van der Waals surface area contributed by atoms with Gasteiger partial charge >= 0.3 is 11.9 Å². The molecule has 0 heterocycles. The molecule has 84 valence electrons. The molecule has 1 unspecified atom stereocenters. The van der Waals surface area contributed by atoms with Crippen molar-refractivity contribution in [2.75, 3.05) is 6.54 Å². The summed E-state index contributed by atoms with van der Waals surface area (Å²) in [7, 11) is 0. The third kappa shape index (κ3) is 3.49. The van der Waals surface area contributed by atoms with Gasteiger partial charge in [0.2, 0.25) is 0 Å². The number of azo groups is 1. The number of aliphatic carboxylic acids is 2. The molecule has 1 atom stereocenters. The molecule has 0 saturated carbocycles. The molecule has 0 aliphatic rings. The molecule has 0 saturated heterocycles. The van der Waals surface area contributed by atoms with E-state index in [1.54, 1.807) is 30.3 Å². The second kappa shape index (κ2) is 5.59. The molecule has 0 fully saturated rings. The largest absolute Gasteiger partial charge is 0.480 e. The number of nitrogens with zero attached hydrogens (tertiary/aromatic N) is 2. The lowest BCUT2D eigenvalue weighted by Crippen LogP contribution is -2.09. The molecule has 0 aromatic heterocycles. The highest BCUT2D eigenvalue weighted by atomic mass is 16.4. The van der Waals surface area contributed by atoms with Crippen LogP contribution in [0.3, 0.4) is 0 Å². The van der Waals surface area contributed by atoms with Crippen LogP contribution in [-0.4, -0.2) is 28.7 Å². The van der Waals surface area contributed by atoms with Gasteiger partial charge in [-0.1, -0.05) is 30.3 Å². The van der Waals surface area contributed by atoms with Gasteiger partial charge in [0.25, 0.3) is 0 Å². The minimum absolute atomic E-state index is 0.462. The van der Waals surface area contributed by atoms with Gasteiger partial charge in [-0.2, -0.15) is 10.2 Å². The van der Waals surface area contributed by atoms with Crippen molar-refractivity contribution in [3.8, 4) is 0 Å². The zero-order valence-corrected chi connectivity index (χ0v) is 8.28. The molecule has 1 aromatic rings. The Balaban J connectivity index is 2.81. The van der Waals surface area contributed by atoms with Gasteiger partial charge < -0.3 is 10.2 Å². The molecule has 0 bridgehead atoms. The summed E-state index contributed by atoms with van der Waals surface area (Å²) in [6.45, 7) is -0.531. The number of carbonyl (C=O) groups is 2. The first-order chi connectivity index (χ1) is 7.61. The van der Waals surface area contributed by atoms with Crippen molar-refractivity contribution in [1.82, 2.24) is 0 Å². The summed E-state index contributed by atoms with van der Waals surface area (Å²) in [5, 5.41) is 24.0. The van der Waals surface area contributed by atoms with Gasteiger partial charge in [-0.3, -0.25) is 4.79 Å². The molecule has 1 aromatic carbocycles. The van der Waals surface area contributed by atoms with Crippen LogP contribution in [-0.2, 0) is 9.59 Å². The Morgan fingerprint density at radius 2 is 1.81 bits per heavy atom. The fourth-order valence-electron chi connectivity index (χ4n) is 1.08. The van der Waals surface area contributed by atoms with Crippen LogP contribution in [0.15, 0.2) is 40.6 Å². The number of carboxylic acid groups (broad SMARTS) is 2. The Kier molecular flexibility index (Phi) is 4.14. The van der Waals surface area contributed by atoms with Crippen molar-refractivity contribution < 1.29 is 19.8 Å². The van der Waals surface area contributed by atoms with Gasteiger partial charge in [-0.15, -0.1) is 0 Å².